The summed E-state index contributed by atoms with van der Waals surface area (Å²) in [6.07, 6.45) is 0. The molecular weight excluding hydrogens is 178 g/mol. The van der Waals surface area contributed by atoms with Gasteiger partial charge < -0.3 is 10.2 Å². The van der Waals surface area contributed by atoms with Gasteiger partial charge in [-0.3, -0.25) is 9.69 Å². The number of nitrogens with one attached hydrogen (secondary N) is 1. The van der Waals surface area contributed by atoms with E-state index in [1.165, 1.54) is 0 Å². The molecule has 1 fully saturated rings. The first-order chi connectivity index (χ1) is 6.69. The van der Waals surface area contributed by atoms with Crippen molar-refractivity contribution in [3.8, 4) is 0 Å². The maximum Gasteiger partial charge on any atom is 0.236 e. The molecule has 0 aromatic heterocycles. The van der Waals surface area contributed by atoms with Crippen molar-refractivity contribution in [1.29, 1.82) is 0 Å². The second-order valence-electron chi connectivity index (χ2n) is 3.85. The molecule has 1 rings (SSSR count). The Hall–Kier alpha value is -0.610. The van der Waals surface area contributed by atoms with Crippen molar-refractivity contribution < 1.29 is 4.79 Å². The summed E-state index contributed by atoms with van der Waals surface area (Å²) in [6, 6.07) is 0.495. The number of carbonyl (C=O) groups excluding carboxylic acids is 1. The highest BCUT2D eigenvalue weighted by Gasteiger charge is 2.24. The highest BCUT2D eigenvalue weighted by molar-refractivity contribution is 5.78. The van der Waals surface area contributed by atoms with Crippen LogP contribution in [0.5, 0.6) is 0 Å². The average Bonchev–Trinajstić information content (AvgIpc) is 2.18. The monoisotopic (exact) mass is 199 g/mol. The molecular formula is C10H21N3O. The molecule has 1 N–H and O–H groups in total. The van der Waals surface area contributed by atoms with E-state index in [0.29, 0.717) is 12.6 Å². The third-order valence-electron chi connectivity index (χ3n) is 2.85. The standard InChI is InChI=1S/C10H21N3O/c1-4-12-5-6-13(8-9(12)2)10(14)7-11-3/h9,11H,4-8H2,1-3H3. The normalized spacial score (nSPS) is 23.9. The summed E-state index contributed by atoms with van der Waals surface area (Å²) in [6.45, 7) is 8.64. The molecule has 1 aliphatic heterocycles. The maximum absolute atomic E-state index is 11.6. The van der Waals surface area contributed by atoms with E-state index >= 15 is 0 Å². The third-order valence-corrected chi connectivity index (χ3v) is 2.85. The minimum Gasteiger partial charge on any atom is -0.339 e. The molecule has 1 amide bonds. The van der Waals surface area contributed by atoms with Gasteiger partial charge in [-0.2, -0.15) is 0 Å². The smallest absolute Gasteiger partial charge is 0.236 e. The summed E-state index contributed by atoms with van der Waals surface area (Å²) in [4.78, 5) is 15.9. The lowest BCUT2D eigenvalue weighted by Gasteiger charge is -2.39. The summed E-state index contributed by atoms with van der Waals surface area (Å²) >= 11 is 0. The van der Waals surface area contributed by atoms with Gasteiger partial charge in [0.2, 0.25) is 5.91 Å². The van der Waals surface area contributed by atoms with Gasteiger partial charge in [-0.15, -0.1) is 0 Å². The fraction of sp³-hybridized carbons (Fsp3) is 0.900. The van der Waals surface area contributed by atoms with Crippen LogP contribution >= 0.6 is 0 Å². The molecule has 1 aliphatic rings. The van der Waals surface area contributed by atoms with Crippen LogP contribution in [0.2, 0.25) is 0 Å². The fourth-order valence-electron chi connectivity index (χ4n) is 1.95. The lowest BCUT2D eigenvalue weighted by atomic mass is 10.2. The molecule has 0 saturated carbocycles. The maximum atomic E-state index is 11.6. The van der Waals surface area contributed by atoms with Crippen molar-refractivity contribution in [2.45, 2.75) is 19.9 Å². The van der Waals surface area contributed by atoms with Gasteiger partial charge in [0.15, 0.2) is 0 Å². The summed E-state index contributed by atoms with van der Waals surface area (Å²) in [7, 11) is 1.81. The van der Waals surface area contributed by atoms with Crippen LogP contribution in [0.1, 0.15) is 13.8 Å². The Bertz CT molecular complexity index is 196. The number of hydrogen-bond acceptors (Lipinski definition) is 3. The molecule has 1 unspecified atom stereocenters. The Labute approximate surface area is 86.2 Å². The van der Waals surface area contributed by atoms with Crippen molar-refractivity contribution in [3.63, 3.8) is 0 Å². The molecule has 14 heavy (non-hydrogen) atoms. The second-order valence-corrected chi connectivity index (χ2v) is 3.85. The third kappa shape index (κ3) is 2.69. The zero-order chi connectivity index (χ0) is 10.6. The fourth-order valence-corrected chi connectivity index (χ4v) is 1.95. The second kappa shape index (κ2) is 5.32. The predicted octanol–water partition coefficient (Wildman–Crippen LogP) is -0.242. The van der Waals surface area contributed by atoms with Crippen LogP contribution in [0.4, 0.5) is 0 Å². The van der Waals surface area contributed by atoms with Gasteiger partial charge in [0.05, 0.1) is 6.54 Å². The first-order valence-electron chi connectivity index (χ1n) is 5.35. The lowest BCUT2D eigenvalue weighted by Crippen LogP contribution is -2.54. The Morgan fingerprint density at radius 1 is 1.50 bits per heavy atom. The van der Waals surface area contributed by atoms with Crippen LogP contribution in [0.3, 0.4) is 0 Å². The number of carbonyl (C=O) groups is 1. The number of likely N-dealkylation sites (N-methyl/N-ethyl adjacent to an activating group) is 2. The number of piperazine rings is 1. The van der Waals surface area contributed by atoms with Crippen LogP contribution in [0.15, 0.2) is 0 Å². The van der Waals surface area contributed by atoms with Gasteiger partial charge in [-0.25, -0.2) is 0 Å². The van der Waals surface area contributed by atoms with Gasteiger partial charge >= 0.3 is 0 Å². The van der Waals surface area contributed by atoms with Crippen molar-refractivity contribution in [1.82, 2.24) is 15.1 Å². The van der Waals surface area contributed by atoms with E-state index in [2.05, 4.69) is 24.1 Å². The molecule has 0 aromatic rings. The zero-order valence-electron chi connectivity index (χ0n) is 9.42. The minimum absolute atomic E-state index is 0.218. The molecule has 0 bridgehead atoms. The van der Waals surface area contributed by atoms with Crippen molar-refractivity contribution in [2.24, 2.45) is 0 Å². The van der Waals surface area contributed by atoms with Gasteiger partial charge in [0, 0.05) is 25.7 Å². The van der Waals surface area contributed by atoms with E-state index in [1.807, 2.05) is 11.9 Å². The number of amides is 1. The van der Waals surface area contributed by atoms with E-state index < -0.39 is 0 Å². The number of rotatable bonds is 3. The summed E-state index contributed by atoms with van der Waals surface area (Å²) < 4.78 is 0. The van der Waals surface area contributed by atoms with Gasteiger partial charge in [-0.05, 0) is 20.5 Å². The van der Waals surface area contributed by atoms with E-state index in [-0.39, 0.29) is 5.91 Å². The average molecular weight is 199 g/mol. The van der Waals surface area contributed by atoms with Crippen molar-refractivity contribution in [2.75, 3.05) is 39.8 Å². The largest absolute Gasteiger partial charge is 0.339 e. The highest BCUT2D eigenvalue weighted by atomic mass is 16.2. The van der Waals surface area contributed by atoms with Crippen LogP contribution in [0.25, 0.3) is 0 Å². The summed E-state index contributed by atoms with van der Waals surface area (Å²) in [5, 5.41) is 2.90. The molecule has 4 nitrogen and oxygen atoms in total. The Balaban J connectivity index is 2.41. The first kappa shape index (κ1) is 11.5. The van der Waals surface area contributed by atoms with Gasteiger partial charge in [0.25, 0.3) is 0 Å². The van der Waals surface area contributed by atoms with E-state index in [1.54, 1.807) is 0 Å². The Kier molecular flexibility index (Phi) is 4.35. The lowest BCUT2D eigenvalue weighted by molar-refractivity contribution is -0.132. The van der Waals surface area contributed by atoms with Crippen LogP contribution in [-0.4, -0.2) is 61.5 Å². The quantitative estimate of drug-likeness (QED) is 0.681. The van der Waals surface area contributed by atoms with E-state index in [0.717, 1.165) is 26.2 Å². The molecule has 0 spiro atoms. The molecule has 4 heteroatoms. The van der Waals surface area contributed by atoms with E-state index in [9.17, 15) is 4.79 Å². The predicted molar refractivity (Wildman–Crippen MR) is 57.2 cm³/mol. The summed E-state index contributed by atoms with van der Waals surface area (Å²) in [5.41, 5.74) is 0. The number of nitrogens with zero attached hydrogens (tertiary/aromatic N) is 2. The minimum atomic E-state index is 0.218. The zero-order valence-corrected chi connectivity index (χ0v) is 9.42. The summed E-state index contributed by atoms with van der Waals surface area (Å²) in [5.74, 6) is 0.218. The van der Waals surface area contributed by atoms with Crippen molar-refractivity contribution in [3.05, 3.63) is 0 Å². The van der Waals surface area contributed by atoms with Crippen molar-refractivity contribution >= 4 is 5.91 Å². The van der Waals surface area contributed by atoms with Gasteiger partial charge in [-0.1, -0.05) is 6.92 Å². The molecule has 1 heterocycles. The van der Waals surface area contributed by atoms with Gasteiger partial charge in [0.1, 0.15) is 0 Å². The van der Waals surface area contributed by atoms with Crippen LogP contribution in [0, 0.1) is 0 Å². The first-order valence-corrected chi connectivity index (χ1v) is 5.35. The Morgan fingerprint density at radius 3 is 2.71 bits per heavy atom. The SMILES string of the molecule is CCN1CCN(C(=O)CNC)CC1C. The molecule has 0 aromatic carbocycles. The molecule has 0 radical (unpaired) electrons. The highest BCUT2D eigenvalue weighted by Crippen LogP contribution is 2.08. The molecule has 0 aliphatic carbocycles. The molecule has 82 valence electrons. The number of hydrogen-bond donors (Lipinski definition) is 1. The topological polar surface area (TPSA) is 35.6 Å². The Morgan fingerprint density at radius 2 is 2.21 bits per heavy atom. The van der Waals surface area contributed by atoms with E-state index in [4.69, 9.17) is 0 Å². The van der Waals surface area contributed by atoms with Crippen LogP contribution in [-0.2, 0) is 4.79 Å². The van der Waals surface area contributed by atoms with Crippen LogP contribution < -0.4 is 5.32 Å². The molecule has 1 saturated heterocycles. The molecule has 1 atom stereocenters.